The van der Waals surface area contributed by atoms with Crippen LogP contribution in [0.25, 0.3) is 11.1 Å². The van der Waals surface area contributed by atoms with Gasteiger partial charge in [-0.05, 0) is 31.0 Å². The average molecular weight is 254 g/mol. The van der Waals surface area contributed by atoms with E-state index in [2.05, 4.69) is 0 Å². The summed E-state index contributed by atoms with van der Waals surface area (Å²) in [4.78, 5) is 23.0. The second kappa shape index (κ2) is 5.06. The number of aromatic carboxylic acids is 1. The summed E-state index contributed by atoms with van der Waals surface area (Å²) in [6.45, 7) is 3.32. The lowest BCUT2D eigenvalue weighted by Gasteiger charge is -2.10. The van der Waals surface area contributed by atoms with Gasteiger partial charge in [-0.25, -0.2) is 4.79 Å². The number of benzene rings is 2. The molecule has 0 fully saturated rings. The van der Waals surface area contributed by atoms with Crippen LogP contribution in [0.2, 0.25) is 0 Å². The largest absolute Gasteiger partial charge is 0.478 e. The first-order valence-electron chi connectivity index (χ1n) is 5.95. The molecule has 0 aliphatic rings. The number of Topliss-reactive ketones (excluding diaryl/α,β-unsaturated/α-hetero) is 1. The summed E-state index contributed by atoms with van der Waals surface area (Å²) in [5.74, 6) is -1.07. The zero-order valence-corrected chi connectivity index (χ0v) is 10.8. The molecule has 3 heteroatoms. The highest BCUT2D eigenvalue weighted by molar-refractivity contribution is 6.04. The van der Waals surface area contributed by atoms with Crippen molar-refractivity contribution in [3.05, 3.63) is 59.2 Å². The number of hydrogen-bond acceptors (Lipinski definition) is 2. The van der Waals surface area contributed by atoms with E-state index in [1.165, 1.54) is 6.92 Å². The molecule has 3 nitrogen and oxygen atoms in total. The van der Waals surface area contributed by atoms with Crippen molar-refractivity contribution >= 4 is 11.8 Å². The molecule has 0 unspecified atom stereocenters. The van der Waals surface area contributed by atoms with Gasteiger partial charge in [-0.3, -0.25) is 4.79 Å². The van der Waals surface area contributed by atoms with E-state index in [1.807, 2.05) is 13.0 Å². The van der Waals surface area contributed by atoms with E-state index < -0.39 is 5.97 Å². The topological polar surface area (TPSA) is 54.4 Å². The van der Waals surface area contributed by atoms with Crippen molar-refractivity contribution < 1.29 is 14.7 Å². The van der Waals surface area contributed by atoms with Gasteiger partial charge in [-0.15, -0.1) is 0 Å². The fourth-order valence-electron chi connectivity index (χ4n) is 2.09. The van der Waals surface area contributed by atoms with Gasteiger partial charge in [0.2, 0.25) is 0 Å². The van der Waals surface area contributed by atoms with Gasteiger partial charge in [0.25, 0.3) is 0 Å². The van der Waals surface area contributed by atoms with Gasteiger partial charge < -0.3 is 5.11 Å². The minimum Gasteiger partial charge on any atom is -0.478 e. The number of rotatable bonds is 3. The Morgan fingerprint density at radius 3 is 2.21 bits per heavy atom. The van der Waals surface area contributed by atoms with Gasteiger partial charge in [0.15, 0.2) is 5.78 Å². The van der Waals surface area contributed by atoms with Crippen molar-refractivity contribution in [1.29, 1.82) is 0 Å². The van der Waals surface area contributed by atoms with E-state index in [9.17, 15) is 14.7 Å². The molecule has 0 radical (unpaired) electrons. The van der Waals surface area contributed by atoms with Crippen molar-refractivity contribution in [2.24, 2.45) is 0 Å². The van der Waals surface area contributed by atoms with Crippen LogP contribution >= 0.6 is 0 Å². The first-order chi connectivity index (χ1) is 9.00. The Hall–Kier alpha value is -2.42. The average Bonchev–Trinajstić information content (AvgIpc) is 2.38. The van der Waals surface area contributed by atoms with Crippen LogP contribution in [0, 0.1) is 6.92 Å². The molecule has 0 aliphatic heterocycles. The van der Waals surface area contributed by atoms with Crippen molar-refractivity contribution in [3.8, 4) is 11.1 Å². The molecule has 0 aliphatic carbocycles. The molecule has 2 aromatic rings. The molecular weight excluding hydrogens is 240 g/mol. The van der Waals surface area contributed by atoms with Crippen molar-refractivity contribution in [2.75, 3.05) is 0 Å². The molecule has 0 bridgehead atoms. The molecule has 0 saturated carbocycles. The number of carbonyl (C=O) groups is 2. The molecular formula is C16H14O3. The zero-order valence-electron chi connectivity index (χ0n) is 10.8. The van der Waals surface area contributed by atoms with Crippen molar-refractivity contribution in [1.82, 2.24) is 0 Å². The summed E-state index contributed by atoms with van der Waals surface area (Å²) in [5.41, 5.74) is 2.86. The third-order valence-corrected chi connectivity index (χ3v) is 3.00. The van der Waals surface area contributed by atoms with Crippen LogP contribution in [0.4, 0.5) is 0 Å². The van der Waals surface area contributed by atoms with E-state index in [4.69, 9.17) is 0 Å². The monoisotopic (exact) mass is 254 g/mol. The van der Waals surface area contributed by atoms with Crippen molar-refractivity contribution in [2.45, 2.75) is 13.8 Å². The summed E-state index contributed by atoms with van der Waals surface area (Å²) in [6.07, 6.45) is 0. The maximum Gasteiger partial charge on any atom is 0.336 e. The van der Waals surface area contributed by atoms with Crippen molar-refractivity contribution in [3.63, 3.8) is 0 Å². The maximum atomic E-state index is 11.6. The number of carboxylic acid groups (broad SMARTS) is 1. The first-order valence-corrected chi connectivity index (χ1v) is 5.95. The summed E-state index contributed by atoms with van der Waals surface area (Å²) >= 11 is 0. The summed E-state index contributed by atoms with van der Waals surface area (Å²) < 4.78 is 0. The SMILES string of the molecule is CC(=O)c1ccccc1-c1ccc(C)cc1C(=O)O. The Labute approximate surface area is 111 Å². The smallest absolute Gasteiger partial charge is 0.336 e. The predicted molar refractivity (Wildman–Crippen MR) is 73.6 cm³/mol. The quantitative estimate of drug-likeness (QED) is 0.852. The molecule has 0 saturated heterocycles. The molecule has 1 N–H and O–H groups in total. The highest BCUT2D eigenvalue weighted by Gasteiger charge is 2.15. The number of aryl methyl sites for hydroxylation is 1. The molecule has 19 heavy (non-hydrogen) atoms. The molecule has 0 spiro atoms. The van der Waals surface area contributed by atoms with E-state index in [-0.39, 0.29) is 11.3 Å². The molecule has 0 aromatic heterocycles. The van der Waals surface area contributed by atoms with Gasteiger partial charge in [0.05, 0.1) is 5.56 Å². The van der Waals surface area contributed by atoms with Crippen LogP contribution in [0.5, 0.6) is 0 Å². The van der Waals surface area contributed by atoms with E-state index >= 15 is 0 Å². The number of hydrogen-bond donors (Lipinski definition) is 1. The Kier molecular flexibility index (Phi) is 3.47. The summed E-state index contributed by atoms with van der Waals surface area (Å²) in [6, 6.07) is 12.3. The highest BCUT2D eigenvalue weighted by atomic mass is 16.4. The Bertz CT molecular complexity index is 657. The van der Waals surface area contributed by atoms with E-state index in [0.29, 0.717) is 16.7 Å². The van der Waals surface area contributed by atoms with Gasteiger partial charge >= 0.3 is 5.97 Å². The number of ketones is 1. The van der Waals surface area contributed by atoms with Gasteiger partial charge in [-0.1, -0.05) is 42.0 Å². The lowest BCUT2D eigenvalue weighted by atomic mass is 9.93. The molecule has 2 aromatic carbocycles. The second-order valence-electron chi connectivity index (χ2n) is 4.46. The minimum atomic E-state index is -0.989. The van der Waals surface area contributed by atoms with Crippen LogP contribution < -0.4 is 0 Å². The summed E-state index contributed by atoms with van der Waals surface area (Å²) in [7, 11) is 0. The Morgan fingerprint density at radius 1 is 0.947 bits per heavy atom. The lowest BCUT2D eigenvalue weighted by molar-refractivity contribution is 0.0697. The molecule has 0 amide bonds. The van der Waals surface area contributed by atoms with Crippen LogP contribution in [0.15, 0.2) is 42.5 Å². The van der Waals surface area contributed by atoms with Crippen LogP contribution in [0.1, 0.15) is 33.2 Å². The Balaban J connectivity index is 2.72. The molecule has 0 heterocycles. The van der Waals surface area contributed by atoms with Crippen LogP contribution in [0.3, 0.4) is 0 Å². The molecule has 0 atom stereocenters. The fraction of sp³-hybridized carbons (Fsp3) is 0.125. The predicted octanol–water partition coefficient (Wildman–Crippen LogP) is 3.56. The normalized spacial score (nSPS) is 10.2. The standard InChI is InChI=1S/C16H14O3/c1-10-7-8-14(15(9-10)16(18)19)13-6-4-3-5-12(13)11(2)17/h3-9H,1-2H3,(H,18,19). The molecule has 2 rings (SSSR count). The van der Waals surface area contributed by atoms with Crippen LogP contribution in [-0.4, -0.2) is 16.9 Å². The Morgan fingerprint density at radius 2 is 1.58 bits per heavy atom. The maximum absolute atomic E-state index is 11.6. The minimum absolute atomic E-state index is 0.0764. The van der Waals surface area contributed by atoms with Gasteiger partial charge in [0, 0.05) is 5.56 Å². The zero-order chi connectivity index (χ0) is 14.0. The number of carbonyl (C=O) groups excluding carboxylic acids is 1. The van der Waals surface area contributed by atoms with Gasteiger partial charge in [-0.2, -0.15) is 0 Å². The third kappa shape index (κ3) is 2.55. The summed E-state index contributed by atoms with van der Waals surface area (Å²) in [5, 5.41) is 9.30. The third-order valence-electron chi connectivity index (χ3n) is 3.00. The van der Waals surface area contributed by atoms with E-state index in [1.54, 1.807) is 36.4 Å². The van der Waals surface area contributed by atoms with Gasteiger partial charge in [0.1, 0.15) is 0 Å². The van der Waals surface area contributed by atoms with Crippen LogP contribution in [-0.2, 0) is 0 Å². The lowest BCUT2D eigenvalue weighted by Crippen LogP contribution is -2.03. The first kappa shape index (κ1) is 13.0. The number of carboxylic acids is 1. The molecule has 96 valence electrons. The second-order valence-corrected chi connectivity index (χ2v) is 4.46. The van der Waals surface area contributed by atoms with E-state index in [0.717, 1.165) is 5.56 Å². The highest BCUT2D eigenvalue weighted by Crippen LogP contribution is 2.28. The fourth-order valence-corrected chi connectivity index (χ4v) is 2.09.